The molecule has 20 heavy (non-hydrogen) atoms. The molecule has 0 aliphatic carbocycles. The second-order valence-corrected chi connectivity index (χ2v) is 5.87. The minimum Gasteiger partial charge on any atom is -0.0822 e. The number of rotatable bonds is 4. The van der Waals surface area contributed by atoms with E-state index >= 15 is 0 Å². The molecule has 0 aromatic rings. The first-order valence-electron chi connectivity index (χ1n) is 8.96. The van der Waals surface area contributed by atoms with Crippen LogP contribution in [0.3, 0.4) is 0 Å². The van der Waals surface area contributed by atoms with Crippen molar-refractivity contribution >= 4 is 0 Å². The van der Waals surface area contributed by atoms with Crippen LogP contribution in [-0.2, 0) is 0 Å². The van der Waals surface area contributed by atoms with Gasteiger partial charge in [-0.25, -0.2) is 0 Å². The number of hydrogen-bond donors (Lipinski definition) is 0. The molecule has 0 aromatic carbocycles. The fourth-order valence-corrected chi connectivity index (χ4v) is 1.67. The van der Waals surface area contributed by atoms with Crippen LogP contribution >= 0.6 is 0 Å². The zero-order valence-corrected chi connectivity index (χ0v) is 16.9. The van der Waals surface area contributed by atoms with E-state index in [0.717, 1.165) is 17.8 Å². The normalized spacial score (nSPS) is 11.7. The third-order valence-corrected chi connectivity index (χ3v) is 2.60. The van der Waals surface area contributed by atoms with Gasteiger partial charge in [-0.15, -0.1) is 0 Å². The summed E-state index contributed by atoms with van der Waals surface area (Å²) in [6, 6.07) is 0. The summed E-state index contributed by atoms with van der Waals surface area (Å²) in [6.07, 6.45) is 6.21. The van der Waals surface area contributed by atoms with Crippen molar-refractivity contribution in [1.82, 2.24) is 0 Å². The van der Waals surface area contributed by atoms with Crippen molar-refractivity contribution in [2.24, 2.45) is 17.8 Å². The Morgan fingerprint density at radius 1 is 0.800 bits per heavy atom. The van der Waals surface area contributed by atoms with Gasteiger partial charge in [-0.3, -0.25) is 0 Å². The van der Waals surface area contributed by atoms with E-state index in [1.807, 2.05) is 13.8 Å². The number of hydrogen-bond acceptors (Lipinski definition) is 0. The van der Waals surface area contributed by atoms with Crippen molar-refractivity contribution in [3.05, 3.63) is 11.6 Å². The molecular weight excluding hydrogens is 240 g/mol. The quantitative estimate of drug-likeness (QED) is 0.457. The van der Waals surface area contributed by atoms with E-state index in [9.17, 15) is 0 Å². The molecule has 0 N–H and O–H groups in total. The molecule has 0 rings (SSSR count). The lowest BCUT2D eigenvalue weighted by Gasteiger charge is -2.24. The largest absolute Gasteiger partial charge is 0.0822 e. The van der Waals surface area contributed by atoms with E-state index in [1.54, 1.807) is 0 Å². The van der Waals surface area contributed by atoms with Crippen LogP contribution < -0.4 is 0 Å². The summed E-state index contributed by atoms with van der Waals surface area (Å²) in [5.41, 5.74) is 1.45. The summed E-state index contributed by atoms with van der Waals surface area (Å²) in [6.45, 7) is 26.1. The van der Waals surface area contributed by atoms with E-state index < -0.39 is 0 Å². The van der Waals surface area contributed by atoms with Crippen LogP contribution in [0.25, 0.3) is 0 Å². The lowest BCUT2D eigenvalue weighted by molar-refractivity contribution is 0.324. The monoisotopic (exact) mass is 286 g/mol. The smallest absolute Gasteiger partial charge is 0.0182 e. The van der Waals surface area contributed by atoms with E-state index in [-0.39, 0.29) is 0 Å². The van der Waals surface area contributed by atoms with Gasteiger partial charge in [-0.1, -0.05) is 100 Å². The molecule has 0 heterocycles. The summed E-state index contributed by atoms with van der Waals surface area (Å²) >= 11 is 0. The highest BCUT2D eigenvalue weighted by molar-refractivity contribution is 4.99. The molecule has 0 nitrogen and oxygen atoms in total. The summed E-state index contributed by atoms with van der Waals surface area (Å²) in [7, 11) is 0. The predicted molar refractivity (Wildman–Crippen MR) is 100 cm³/mol. The maximum Gasteiger partial charge on any atom is -0.0182 e. The number of allylic oxidation sites excluding steroid dienone is 2. The van der Waals surface area contributed by atoms with Crippen molar-refractivity contribution in [3.63, 3.8) is 0 Å². The van der Waals surface area contributed by atoms with Crippen molar-refractivity contribution in [1.29, 1.82) is 0 Å². The first-order chi connectivity index (χ1) is 9.31. The van der Waals surface area contributed by atoms with Gasteiger partial charge in [-0.2, -0.15) is 0 Å². The highest BCUT2D eigenvalue weighted by Crippen LogP contribution is 2.25. The zero-order valence-electron chi connectivity index (χ0n) is 16.9. The van der Waals surface area contributed by atoms with Gasteiger partial charge in [0.25, 0.3) is 0 Å². The second-order valence-electron chi connectivity index (χ2n) is 5.87. The van der Waals surface area contributed by atoms with Crippen LogP contribution in [0.2, 0.25) is 0 Å². The molecule has 0 bridgehead atoms. The fraction of sp³-hybridized carbons (Fsp3) is 0.900. The van der Waals surface area contributed by atoms with E-state index in [0.29, 0.717) is 0 Å². The van der Waals surface area contributed by atoms with Crippen LogP contribution in [0, 0.1) is 17.8 Å². The molecule has 0 aromatic heterocycles. The van der Waals surface area contributed by atoms with Crippen molar-refractivity contribution in [2.75, 3.05) is 0 Å². The molecule has 0 saturated carbocycles. The van der Waals surface area contributed by atoms with Crippen LogP contribution in [-0.4, -0.2) is 0 Å². The molecule has 0 heteroatoms. The van der Waals surface area contributed by atoms with Crippen LogP contribution in [0.5, 0.6) is 0 Å². The summed E-state index contributed by atoms with van der Waals surface area (Å²) in [5.74, 6) is 2.36. The minimum atomic E-state index is 0.764. The summed E-state index contributed by atoms with van der Waals surface area (Å²) in [5, 5.41) is 0. The van der Waals surface area contributed by atoms with Gasteiger partial charge in [0.2, 0.25) is 0 Å². The molecule has 2 atom stereocenters. The van der Waals surface area contributed by atoms with Gasteiger partial charge in [-0.05, 0) is 31.6 Å². The van der Waals surface area contributed by atoms with Crippen LogP contribution in [0.4, 0.5) is 0 Å². The van der Waals surface area contributed by atoms with Crippen LogP contribution in [0.15, 0.2) is 11.6 Å². The Morgan fingerprint density at radius 2 is 1.10 bits per heavy atom. The second kappa shape index (κ2) is 23.8. The van der Waals surface area contributed by atoms with Gasteiger partial charge >= 0.3 is 0 Å². The molecule has 0 aliphatic rings. The van der Waals surface area contributed by atoms with Gasteiger partial charge in [0, 0.05) is 0 Å². The predicted octanol–water partition coefficient (Wildman–Crippen LogP) is 8.13. The Labute approximate surface area is 132 Å². The third kappa shape index (κ3) is 26.3. The third-order valence-electron chi connectivity index (χ3n) is 2.60. The van der Waals surface area contributed by atoms with E-state index in [2.05, 4.69) is 75.3 Å². The van der Waals surface area contributed by atoms with E-state index in [1.165, 1.54) is 24.8 Å². The van der Waals surface area contributed by atoms with Gasteiger partial charge in [0.1, 0.15) is 0 Å². The molecule has 2 unspecified atom stereocenters. The molecule has 0 saturated heterocycles. The van der Waals surface area contributed by atoms with Gasteiger partial charge < -0.3 is 0 Å². The van der Waals surface area contributed by atoms with Crippen molar-refractivity contribution in [2.45, 2.75) is 102 Å². The Morgan fingerprint density at radius 3 is 1.25 bits per heavy atom. The minimum absolute atomic E-state index is 0.764. The lowest BCUT2D eigenvalue weighted by atomic mass is 9.82. The summed E-state index contributed by atoms with van der Waals surface area (Å²) in [4.78, 5) is 0. The molecule has 0 spiro atoms. The first-order valence-corrected chi connectivity index (χ1v) is 8.96. The molecular formula is C20H46. The molecule has 0 amide bonds. The standard InChI is InChI=1S/C12H24.2C3H8.C2H6/c1-7-11(6)12(10(4)5)8-9(2)3;2*1-3-2;1-2/h8,10-12H,7H2,1-6H3;2*3H2,1-2H3;1-2H3. The summed E-state index contributed by atoms with van der Waals surface area (Å²) < 4.78 is 0. The topological polar surface area (TPSA) is 0 Å². The molecule has 0 fully saturated rings. The average Bonchev–Trinajstić information content (AvgIpc) is 2.39. The van der Waals surface area contributed by atoms with Gasteiger partial charge in [0.05, 0.1) is 0 Å². The Hall–Kier alpha value is -0.260. The zero-order chi connectivity index (χ0) is 17.1. The highest BCUT2D eigenvalue weighted by Gasteiger charge is 2.16. The molecule has 0 radical (unpaired) electrons. The Kier molecular flexibility index (Phi) is 33.3. The lowest BCUT2D eigenvalue weighted by Crippen LogP contribution is -2.15. The van der Waals surface area contributed by atoms with Crippen molar-refractivity contribution < 1.29 is 0 Å². The van der Waals surface area contributed by atoms with Crippen LogP contribution in [0.1, 0.15) is 102 Å². The molecule has 0 aliphatic heterocycles. The fourth-order valence-electron chi connectivity index (χ4n) is 1.67. The molecule has 126 valence electrons. The maximum absolute atomic E-state index is 2.43. The SMILES string of the molecule is CC.CCC.CCC.CCC(C)C(C=C(C)C)C(C)C. The highest BCUT2D eigenvalue weighted by atomic mass is 14.2. The Balaban J connectivity index is -0.000000133. The average molecular weight is 287 g/mol. The van der Waals surface area contributed by atoms with Crippen molar-refractivity contribution in [3.8, 4) is 0 Å². The Bertz CT molecular complexity index is 159. The van der Waals surface area contributed by atoms with Gasteiger partial charge in [0.15, 0.2) is 0 Å². The van der Waals surface area contributed by atoms with E-state index in [4.69, 9.17) is 0 Å². The first kappa shape index (κ1) is 28.0. The maximum atomic E-state index is 2.43.